The van der Waals surface area contributed by atoms with Crippen LogP contribution < -0.4 is 5.73 Å². The molecule has 3 N–H and O–H groups in total. The second-order valence-corrected chi connectivity index (χ2v) is 13.1. The van der Waals surface area contributed by atoms with Gasteiger partial charge in [0.2, 0.25) is 0 Å². The Morgan fingerprint density at radius 2 is 1.78 bits per heavy atom. The number of unbranched alkanes of at least 4 members (excludes halogenated alkanes) is 1. The molecule has 8 atom stereocenters. The molecule has 2 saturated carbocycles. The van der Waals surface area contributed by atoms with E-state index >= 15 is 0 Å². The van der Waals surface area contributed by atoms with E-state index < -0.39 is 6.29 Å². The summed E-state index contributed by atoms with van der Waals surface area (Å²) >= 11 is 0. The first-order valence-corrected chi connectivity index (χ1v) is 15.6. The van der Waals surface area contributed by atoms with Crippen LogP contribution in [-0.4, -0.2) is 23.5 Å². The van der Waals surface area contributed by atoms with Crippen LogP contribution >= 0.6 is 0 Å². The Kier molecular flexibility index (Phi) is 14.3. The van der Waals surface area contributed by atoms with Crippen LogP contribution in [-0.2, 0) is 4.74 Å². The van der Waals surface area contributed by atoms with Gasteiger partial charge in [0.1, 0.15) is 0 Å². The molecule has 2 aliphatic carbocycles. The third kappa shape index (κ3) is 10.3. The molecule has 210 valence electrons. The summed E-state index contributed by atoms with van der Waals surface area (Å²) in [6.45, 7) is 15.9. The Labute approximate surface area is 224 Å². The summed E-state index contributed by atoms with van der Waals surface area (Å²) in [6, 6.07) is -0.106. The lowest BCUT2D eigenvalue weighted by Gasteiger charge is -2.46. The van der Waals surface area contributed by atoms with E-state index in [0.29, 0.717) is 11.8 Å². The summed E-state index contributed by atoms with van der Waals surface area (Å²) < 4.78 is 6.03. The van der Waals surface area contributed by atoms with Gasteiger partial charge in [-0.3, -0.25) is 0 Å². The second kappa shape index (κ2) is 16.4. The van der Waals surface area contributed by atoms with Crippen molar-refractivity contribution in [1.29, 1.82) is 0 Å². The maximum Gasteiger partial charge on any atom is 0.174 e. The van der Waals surface area contributed by atoms with E-state index in [0.717, 1.165) is 55.3 Å². The van der Waals surface area contributed by atoms with Crippen LogP contribution in [0, 0.1) is 35.0 Å². The molecule has 0 saturated heterocycles. The average molecular weight is 504 g/mol. The third-order valence-corrected chi connectivity index (χ3v) is 9.75. The Morgan fingerprint density at radius 1 is 1.03 bits per heavy atom. The topological polar surface area (TPSA) is 55.5 Å². The minimum absolute atomic E-state index is 0.106. The molecule has 0 aromatic heterocycles. The van der Waals surface area contributed by atoms with Gasteiger partial charge in [-0.05, 0) is 92.4 Å². The van der Waals surface area contributed by atoms with Gasteiger partial charge >= 0.3 is 0 Å². The molecule has 0 heterocycles. The Morgan fingerprint density at radius 3 is 2.47 bits per heavy atom. The van der Waals surface area contributed by atoms with Crippen LogP contribution in [0.5, 0.6) is 0 Å². The van der Waals surface area contributed by atoms with Crippen molar-refractivity contribution in [2.75, 3.05) is 0 Å². The molecule has 0 spiro atoms. The fourth-order valence-corrected chi connectivity index (χ4v) is 7.50. The molecule has 0 bridgehead atoms. The highest BCUT2D eigenvalue weighted by Gasteiger charge is 2.50. The fraction of sp³-hybridized carbons (Fsp3) is 0.879. The lowest BCUT2D eigenvalue weighted by atomic mass is 9.59. The minimum Gasteiger partial charge on any atom is -0.365 e. The molecule has 8 unspecified atom stereocenters. The van der Waals surface area contributed by atoms with Gasteiger partial charge in [-0.1, -0.05) is 91.7 Å². The lowest BCUT2D eigenvalue weighted by Crippen LogP contribution is -2.37. The molecule has 3 heteroatoms. The van der Waals surface area contributed by atoms with Crippen molar-refractivity contribution in [2.24, 2.45) is 40.7 Å². The molecule has 0 aromatic rings. The van der Waals surface area contributed by atoms with Gasteiger partial charge < -0.3 is 15.6 Å². The largest absolute Gasteiger partial charge is 0.365 e. The summed E-state index contributed by atoms with van der Waals surface area (Å²) in [7, 11) is 0. The Bertz CT molecular complexity index is 631. The minimum atomic E-state index is -0.865. The van der Waals surface area contributed by atoms with Gasteiger partial charge in [-0.2, -0.15) is 0 Å². The average Bonchev–Trinajstić information content (AvgIpc) is 3.17. The summed E-state index contributed by atoms with van der Waals surface area (Å²) in [5.74, 6) is 4.49. The third-order valence-electron chi connectivity index (χ3n) is 9.75. The van der Waals surface area contributed by atoms with Crippen molar-refractivity contribution < 1.29 is 9.84 Å². The van der Waals surface area contributed by atoms with Crippen molar-refractivity contribution in [3.63, 3.8) is 0 Å². The lowest BCUT2D eigenvalue weighted by molar-refractivity contribution is -0.111. The van der Waals surface area contributed by atoms with Gasteiger partial charge in [0.25, 0.3) is 0 Å². The second-order valence-electron chi connectivity index (χ2n) is 13.1. The number of hydrogen-bond donors (Lipinski definition) is 2. The number of aliphatic hydroxyl groups excluding tert-OH is 1. The van der Waals surface area contributed by atoms with Gasteiger partial charge in [0.15, 0.2) is 6.29 Å². The predicted octanol–water partition coefficient (Wildman–Crippen LogP) is 8.81. The highest BCUT2D eigenvalue weighted by molar-refractivity contribution is 5.00. The summed E-state index contributed by atoms with van der Waals surface area (Å²) in [5, 5.41) is 10.4. The first kappa shape index (κ1) is 31.6. The van der Waals surface area contributed by atoms with Crippen molar-refractivity contribution >= 4 is 0 Å². The summed E-state index contributed by atoms with van der Waals surface area (Å²) in [6.07, 6.45) is 23.7. The maximum atomic E-state index is 10.4. The number of hydrogen-bond acceptors (Lipinski definition) is 3. The van der Waals surface area contributed by atoms with Crippen molar-refractivity contribution in [3.8, 4) is 0 Å². The number of aliphatic hydroxyl groups is 1. The zero-order valence-electron chi connectivity index (χ0n) is 24.6. The van der Waals surface area contributed by atoms with Crippen LogP contribution in [0.1, 0.15) is 131 Å². The smallest absolute Gasteiger partial charge is 0.174 e. The van der Waals surface area contributed by atoms with Gasteiger partial charge in [0.05, 0.1) is 6.10 Å². The molecule has 2 rings (SSSR count). The molecule has 0 aliphatic heterocycles. The number of ether oxygens (including phenoxy) is 1. The first-order chi connectivity index (χ1) is 17.2. The predicted molar refractivity (Wildman–Crippen MR) is 156 cm³/mol. The summed E-state index contributed by atoms with van der Waals surface area (Å²) in [5.41, 5.74) is 6.57. The van der Waals surface area contributed by atoms with E-state index in [9.17, 15) is 5.11 Å². The molecule has 0 radical (unpaired) electrons. The highest BCUT2D eigenvalue weighted by atomic mass is 16.6. The van der Waals surface area contributed by atoms with E-state index in [4.69, 9.17) is 10.5 Å². The molecule has 2 fully saturated rings. The molecular formula is C33H61NO2. The first-order valence-electron chi connectivity index (χ1n) is 15.6. The van der Waals surface area contributed by atoms with Gasteiger partial charge in [-0.25, -0.2) is 0 Å². The number of rotatable bonds is 18. The fourth-order valence-electron chi connectivity index (χ4n) is 7.50. The monoisotopic (exact) mass is 503 g/mol. The van der Waals surface area contributed by atoms with Crippen LogP contribution in [0.2, 0.25) is 0 Å². The molecule has 2 aliphatic rings. The van der Waals surface area contributed by atoms with Crippen LogP contribution in [0.3, 0.4) is 0 Å². The van der Waals surface area contributed by atoms with Crippen molar-refractivity contribution in [3.05, 3.63) is 24.8 Å². The van der Waals surface area contributed by atoms with E-state index in [-0.39, 0.29) is 12.1 Å². The molecule has 3 nitrogen and oxygen atoms in total. The standard InChI is InChI=1S/C33H61NO2/c1-7-9-16-30(36-32(35)21-19-29(34)12-8-2)17-11-15-27-22-23-33(6)28(24-27)18-20-31(33)26(5)14-10-13-25(3)4/h8,19,21,25-32,35H,2,7,9-18,20,22-24,34H2,1,3-6H3/b21-19+. The van der Waals surface area contributed by atoms with Crippen LogP contribution in [0.15, 0.2) is 24.8 Å². The van der Waals surface area contributed by atoms with Gasteiger partial charge in [-0.15, -0.1) is 6.58 Å². The molecule has 0 aromatic carbocycles. The highest BCUT2D eigenvalue weighted by Crippen LogP contribution is 2.59. The van der Waals surface area contributed by atoms with E-state index in [1.54, 1.807) is 12.2 Å². The van der Waals surface area contributed by atoms with Crippen LogP contribution in [0.4, 0.5) is 0 Å². The SMILES string of the molecule is C=CCC(N)/C=C/C(O)OC(CCCC)CCCC1CCC2(C)C(CCC2C(C)CCCC(C)C)C1. The molecular weight excluding hydrogens is 442 g/mol. The normalized spacial score (nSPS) is 29.8. The van der Waals surface area contributed by atoms with Gasteiger partial charge in [0, 0.05) is 6.04 Å². The molecule has 0 amide bonds. The van der Waals surface area contributed by atoms with Crippen LogP contribution in [0.25, 0.3) is 0 Å². The zero-order valence-corrected chi connectivity index (χ0v) is 24.6. The van der Waals surface area contributed by atoms with E-state index in [1.807, 2.05) is 6.08 Å². The number of fused-ring (bicyclic) bond motifs is 1. The number of nitrogens with two attached hydrogens (primary N) is 1. The Balaban J connectivity index is 1.78. The molecule has 36 heavy (non-hydrogen) atoms. The van der Waals surface area contributed by atoms with E-state index in [2.05, 4.69) is 41.2 Å². The van der Waals surface area contributed by atoms with Crippen molar-refractivity contribution in [1.82, 2.24) is 0 Å². The quantitative estimate of drug-likeness (QED) is 0.145. The maximum absolute atomic E-state index is 10.4. The zero-order chi connectivity index (χ0) is 26.6. The van der Waals surface area contributed by atoms with Crippen molar-refractivity contribution in [2.45, 2.75) is 149 Å². The summed E-state index contributed by atoms with van der Waals surface area (Å²) in [4.78, 5) is 0. The van der Waals surface area contributed by atoms with E-state index in [1.165, 1.54) is 64.2 Å². The Hall–Kier alpha value is -0.640.